The lowest BCUT2D eigenvalue weighted by molar-refractivity contribution is -0.137. The van der Waals surface area contributed by atoms with Gasteiger partial charge >= 0.3 is 6.18 Å². The zero-order valence-electron chi connectivity index (χ0n) is 10.4. The second kappa shape index (κ2) is 6.05. The molecule has 0 spiro atoms. The Morgan fingerprint density at radius 3 is 2.70 bits per heavy atom. The molecule has 1 aliphatic heterocycles. The Kier molecular flexibility index (Phi) is 4.78. The van der Waals surface area contributed by atoms with E-state index in [0.29, 0.717) is 12.4 Å². The maximum absolute atomic E-state index is 12.5. The van der Waals surface area contributed by atoms with E-state index < -0.39 is 23.5 Å². The summed E-state index contributed by atoms with van der Waals surface area (Å²) in [6.45, 7) is 0.471. The molecule has 1 aliphatic rings. The van der Waals surface area contributed by atoms with Gasteiger partial charge in [-0.25, -0.2) is 4.98 Å². The number of alkyl halides is 5. The van der Waals surface area contributed by atoms with Gasteiger partial charge in [-0.15, -0.1) is 0 Å². The Morgan fingerprint density at radius 2 is 2.20 bits per heavy atom. The van der Waals surface area contributed by atoms with Gasteiger partial charge in [0.15, 0.2) is 0 Å². The Balaban J connectivity index is 2.28. The topological polar surface area (TPSA) is 37.4 Å². The zero-order chi connectivity index (χ0) is 14.9. The van der Waals surface area contributed by atoms with E-state index in [1.807, 2.05) is 0 Å². The van der Waals surface area contributed by atoms with Gasteiger partial charge in [0.1, 0.15) is 17.5 Å². The van der Waals surface area contributed by atoms with Gasteiger partial charge < -0.3 is 9.64 Å². The van der Waals surface area contributed by atoms with Crippen LogP contribution in [0.1, 0.15) is 5.56 Å². The number of piperazine rings is 1. The molecule has 0 amide bonds. The highest BCUT2D eigenvalue weighted by Crippen LogP contribution is 2.32. The maximum Gasteiger partial charge on any atom is 0.417 e. The zero-order valence-corrected chi connectivity index (χ0v) is 12.7. The first-order valence-electron chi connectivity index (χ1n) is 5.70. The second-order valence-corrected chi connectivity index (χ2v) is 5.62. The van der Waals surface area contributed by atoms with Gasteiger partial charge in [0.05, 0.1) is 10.5 Å². The van der Waals surface area contributed by atoms with Crippen LogP contribution in [-0.4, -0.2) is 35.3 Å². The van der Waals surface area contributed by atoms with Crippen molar-refractivity contribution in [3.8, 4) is 0 Å². The van der Waals surface area contributed by atoms with Crippen LogP contribution in [0.2, 0.25) is 0 Å². The normalized spacial score (nSPS) is 27.7. The summed E-state index contributed by atoms with van der Waals surface area (Å²) in [6.07, 6.45) is -4.03. The fourth-order valence-corrected chi connectivity index (χ4v) is 2.64. The highest BCUT2D eigenvalue weighted by molar-refractivity contribution is 9.09. The molecule has 3 atom stereocenters. The molecule has 1 aromatic heterocycles. The van der Waals surface area contributed by atoms with Gasteiger partial charge in [-0.2, -0.15) is 13.2 Å². The summed E-state index contributed by atoms with van der Waals surface area (Å²) in [5.74, 6) is 0.329. The molecule has 0 aliphatic carbocycles. The van der Waals surface area contributed by atoms with Crippen molar-refractivity contribution in [1.82, 2.24) is 10.3 Å². The fourth-order valence-electron chi connectivity index (χ4n) is 1.89. The standard InChI is InChI=1S/C11H12BrClF3N3O/c1-20-8-5-18-9(12)10(13)19(8)7-3-2-6(4-17-7)11(14,15)16/h2-4,8-10,18H,5H2,1H3. The molecule has 3 unspecified atom stereocenters. The lowest BCUT2D eigenvalue weighted by Crippen LogP contribution is -2.59. The molecular weight excluding hydrogens is 362 g/mol. The molecular formula is C11H12BrClF3N3O. The minimum atomic E-state index is -4.41. The number of halogens is 5. The van der Waals surface area contributed by atoms with Crippen molar-refractivity contribution in [1.29, 1.82) is 0 Å². The smallest absolute Gasteiger partial charge is 0.360 e. The molecule has 0 aromatic carbocycles. The molecule has 0 radical (unpaired) electrons. The lowest BCUT2D eigenvalue weighted by atomic mass is 10.2. The monoisotopic (exact) mass is 373 g/mol. The molecule has 9 heteroatoms. The van der Waals surface area contributed by atoms with Gasteiger partial charge in [-0.1, -0.05) is 27.5 Å². The molecule has 0 bridgehead atoms. The number of nitrogens with one attached hydrogen (secondary N) is 1. The third kappa shape index (κ3) is 3.19. The average Bonchev–Trinajstić information content (AvgIpc) is 2.41. The van der Waals surface area contributed by atoms with Gasteiger partial charge in [0.2, 0.25) is 0 Å². The predicted octanol–water partition coefficient (Wildman–Crippen LogP) is 2.77. The third-order valence-electron chi connectivity index (χ3n) is 2.92. The van der Waals surface area contributed by atoms with Crippen molar-refractivity contribution in [2.75, 3.05) is 18.6 Å². The number of ether oxygens (including phenoxy) is 1. The highest BCUT2D eigenvalue weighted by Gasteiger charge is 2.36. The number of rotatable bonds is 2. The summed E-state index contributed by atoms with van der Waals surface area (Å²) in [6, 6.07) is 2.26. The van der Waals surface area contributed by atoms with Gasteiger partial charge in [-0.05, 0) is 12.1 Å². The molecule has 112 valence electrons. The van der Waals surface area contributed by atoms with E-state index in [9.17, 15) is 13.2 Å². The number of anilines is 1. The highest BCUT2D eigenvalue weighted by atomic mass is 79.9. The van der Waals surface area contributed by atoms with Crippen LogP contribution in [0, 0.1) is 0 Å². The first-order chi connectivity index (χ1) is 9.34. The fraction of sp³-hybridized carbons (Fsp3) is 0.545. The third-order valence-corrected chi connectivity index (χ3v) is 4.51. The SMILES string of the molecule is COC1CNC(Br)C(Cl)N1c1ccc(C(F)(F)F)cn1. The molecule has 1 N–H and O–H groups in total. The van der Waals surface area contributed by atoms with Crippen LogP contribution in [0.5, 0.6) is 0 Å². The van der Waals surface area contributed by atoms with Crippen LogP contribution in [0.25, 0.3) is 0 Å². The van der Waals surface area contributed by atoms with Crippen LogP contribution < -0.4 is 10.2 Å². The van der Waals surface area contributed by atoms with E-state index in [4.69, 9.17) is 16.3 Å². The summed E-state index contributed by atoms with van der Waals surface area (Å²) in [7, 11) is 1.50. The average molecular weight is 375 g/mol. The van der Waals surface area contributed by atoms with E-state index in [1.165, 1.54) is 13.2 Å². The summed E-state index contributed by atoms with van der Waals surface area (Å²) in [5.41, 5.74) is -1.34. The number of nitrogens with zero attached hydrogens (tertiary/aromatic N) is 2. The summed E-state index contributed by atoms with van der Waals surface area (Å²) in [5, 5.41) is 3.08. The van der Waals surface area contributed by atoms with Gasteiger partial charge in [0.25, 0.3) is 0 Å². The lowest BCUT2D eigenvalue weighted by Gasteiger charge is -2.42. The molecule has 0 saturated carbocycles. The number of pyridine rings is 1. The van der Waals surface area contributed by atoms with E-state index >= 15 is 0 Å². The first kappa shape index (κ1) is 15.8. The Hall–Kier alpha value is -0.570. The summed E-state index contributed by atoms with van der Waals surface area (Å²) < 4.78 is 42.8. The van der Waals surface area contributed by atoms with Crippen molar-refractivity contribution < 1.29 is 17.9 Å². The molecule has 1 saturated heterocycles. The molecule has 1 aromatic rings. The van der Waals surface area contributed by atoms with E-state index in [2.05, 4.69) is 26.2 Å². The molecule has 4 nitrogen and oxygen atoms in total. The van der Waals surface area contributed by atoms with Gasteiger partial charge in [-0.3, -0.25) is 5.32 Å². The van der Waals surface area contributed by atoms with E-state index in [1.54, 1.807) is 4.90 Å². The van der Waals surface area contributed by atoms with Crippen LogP contribution in [-0.2, 0) is 10.9 Å². The first-order valence-corrected chi connectivity index (χ1v) is 7.05. The van der Waals surface area contributed by atoms with Gasteiger partial charge in [0, 0.05) is 19.9 Å². The number of hydrogen-bond donors (Lipinski definition) is 1. The van der Waals surface area contributed by atoms with Crippen molar-refractivity contribution in [3.05, 3.63) is 23.9 Å². The van der Waals surface area contributed by atoms with Crippen molar-refractivity contribution in [3.63, 3.8) is 0 Å². The molecule has 2 heterocycles. The number of aromatic nitrogens is 1. The van der Waals surface area contributed by atoms with Crippen molar-refractivity contribution >= 4 is 33.3 Å². The molecule has 2 rings (SSSR count). The predicted molar refractivity (Wildman–Crippen MR) is 72.9 cm³/mol. The Labute approximate surface area is 127 Å². The quantitative estimate of drug-likeness (QED) is 0.638. The van der Waals surface area contributed by atoms with E-state index in [0.717, 1.165) is 12.3 Å². The number of hydrogen-bond acceptors (Lipinski definition) is 4. The molecule has 20 heavy (non-hydrogen) atoms. The second-order valence-electron chi connectivity index (χ2n) is 4.18. The summed E-state index contributed by atoms with van der Waals surface area (Å²) in [4.78, 5) is 5.24. The largest absolute Gasteiger partial charge is 0.417 e. The molecule has 1 fully saturated rings. The minimum absolute atomic E-state index is 0.223. The van der Waals surface area contributed by atoms with Crippen LogP contribution in [0.15, 0.2) is 18.3 Å². The van der Waals surface area contributed by atoms with Crippen molar-refractivity contribution in [2.45, 2.75) is 22.9 Å². The van der Waals surface area contributed by atoms with Crippen LogP contribution >= 0.6 is 27.5 Å². The van der Waals surface area contributed by atoms with Crippen molar-refractivity contribution in [2.24, 2.45) is 0 Å². The Morgan fingerprint density at radius 1 is 1.50 bits per heavy atom. The maximum atomic E-state index is 12.5. The summed E-state index contributed by atoms with van der Waals surface area (Å²) >= 11 is 9.59. The Bertz CT molecular complexity index is 457. The van der Waals surface area contributed by atoms with Crippen LogP contribution in [0.3, 0.4) is 0 Å². The van der Waals surface area contributed by atoms with Crippen LogP contribution in [0.4, 0.5) is 19.0 Å². The minimum Gasteiger partial charge on any atom is -0.360 e. The number of methoxy groups -OCH3 is 1. The van der Waals surface area contributed by atoms with E-state index in [-0.39, 0.29) is 4.95 Å².